The Hall–Kier alpha value is -2.86. The number of aliphatic hydroxyl groups is 1. The van der Waals surface area contributed by atoms with Gasteiger partial charge in [-0.3, -0.25) is 0 Å². The number of aromatic hydroxyl groups is 1. The number of benzene rings is 2. The number of methoxy groups -OCH3 is 2. The van der Waals surface area contributed by atoms with E-state index in [0.717, 1.165) is 16.7 Å². The largest absolute Gasteiger partial charge is 0.508 e. The zero-order valence-electron chi connectivity index (χ0n) is 17.1. The summed E-state index contributed by atoms with van der Waals surface area (Å²) in [7, 11) is 3.12. The van der Waals surface area contributed by atoms with E-state index < -0.39 is 11.7 Å². The maximum absolute atomic E-state index is 11.7. The normalized spacial score (nSPS) is 21.6. The summed E-state index contributed by atoms with van der Waals surface area (Å²) >= 11 is 0. The summed E-state index contributed by atoms with van der Waals surface area (Å²) < 4.78 is 22.9. The van der Waals surface area contributed by atoms with Crippen molar-refractivity contribution in [2.24, 2.45) is 0 Å². The first kappa shape index (κ1) is 19.5. The zero-order chi connectivity index (χ0) is 20.8. The van der Waals surface area contributed by atoms with Gasteiger partial charge in [0.1, 0.15) is 29.5 Å². The van der Waals surface area contributed by atoms with Crippen molar-refractivity contribution >= 4 is 0 Å². The summed E-state index contributed by atoms with van der Waals surface area (Å²) in [6.07, 6.45) is 2.35. The van der Waals surface area contributed by atoms with Gasteiger partial charge in [0.05, 0.1) is 14.2 Å². The molecular weight excluding hydrogens is 372 g/mol. The van der Waals surface area contributed by atoms with Crippen LogP contribution in [0.2, 0.25) is 0 Å². The van der Waals surface area contributed by atoms with E-state index in [2.05, 4.69) is 0 Å². The minimum atomic E-state index is -1.27. The van der Waals surface area contributed by atoms with Crippen LogP contribution in [0.15, 0.2) is 35.9 Å². The average Bonchev–Trinajstić information content (AvgIpc) is 2.70. The van der Waals surface area contributed by atoms with Gasteiger partial charge in [-0.2, -0.15) is 0 Å². The summed E-state index contributed by atoms with van der Waals surface area (Å²) in [6, 6.07) is 6.95. The SMILES string of the molecule is COc1cc2c(cc1OC)[C@]1(O)Cc3ccc(O)c(CC=C(C)C)c3O[C@@H]1CO2. The Labute approximate surface area is 170 Å². The van der Waals surface area contributed by atoms with Crippen molar-refractivity contribution < 1.29 is 29.2 Å². The molecule has 2 N–H and O–H groups in total. The Balaban J connectivity index is 1.79. The molecule has 0 aromatic heterocycles. The highest BCUT2D eigenvalue weighted by atomic mass is 16.6. The Morgan fingerprint density at radius 2 is 1.93 bits per heavy atom. The second-order valence-corrected chi connectivity index (χ2v) is 7.76. The second kappa shape index (κ2) is 7.19. The van der Waals surface area contributed by atoms with Crippen LogP contribution in [-0.4, -0.2) is 37.1 Å². The van der Waals surface area contributed by atoms with Crippen molar-refractivity contribution in [1.82, 2.24) is 0 Å². The lowest BCUT2D eigenvalue weighted by Gasteiger charge is -2.45. The molecule has 6 nitrogen and oxygen atoms in total. The highest BCUT2D eigenvalue weighted by Gasteiger charge is 2.50. The predicted octanol–water partition coefficient (Wildman–Crippen LogP) is 3.50. The molecule has 0 unspecified atom stereocenters. The molecule has 2 atom stereocenters. The first-order valence-electron chi connectivity index (χ1n) is 9.62. The Morgan fingerprint density at radius 3 is 2.62 bits per heavy atom. The first-order valence-corrected chi connectivity index (χ1v) is 9.62. The highest BCUT2D eigenvalue weighted by molar-refractivity contribution is 5.58. The Bertz CT molecular complexity index is 976. The minimum absolute atomic E-state index is 0.190. The minimum Gasteiger partial charge on any atom is -0.508 e. The van der Waals surface area contributed by atoms with Crippen LogP contribution in [-0.2, 0) is 18.4 Å². The number of ether oxygens (including phenoxy) is 4. The maximum atomic E-state index is 11.7. The molecule has 0 fully saturated rings. The summed E-state index contributed by atoms with van der Waals surface area (Å²) in [6.45, 7) is 4.22. The monoisotopic (exact) mass is 398 g/mol. The van der Waals surface area contributed by atoms with E-state index in [1.54, 1.807) is 38.5 Å². The molecule has 2 aliphatic heterocycles. The van der Waals surface area contributed by atoms with Gasteiger partial charge in [0.2, 0.25) is 0 Å². The molecule has 6 heteroatoms. The Kier molecular flexibility index (Phi) is 4.82. The van der Waals surface area contributed by atoms with E-state index in [-0.39, 0.29) is 12.4 Å². The molecule has 2 aromatic rings. The van der Waals surface area contributed by atoms with Crippen LogP contribution < -0.4 is 18.9 Å². The smallest absolute Gasteiger partial charge is 0.166 e. The van der Waals surface area contributed by atoms with Gasteiger partial charge in [0, 0.05) is 23.6 Å². The lowest BCUT2D eigenvalue weighted by molar-refractivity contribution is -0.109. The van der Waals surface area contributed by atoms with Crippen molar-refractivity contribution in [3.05, 3.63) is 52.6 Å². The highest BCUT2D eigenvalue weighted by Crippen LogP contribution is 2.50. The van der Waals surface area contributed by atoms with E-state index in [4.69, 9.17) is 18.9 Å². The number of phenolic OH excluding ortho intramolecular Hbond substituents is 1. The van der Waals surface area contributed by atoms with Crippen LogP contribution >= 0.6 is 0 Å². The van der Waals surface area contributed by atoms with Crippen molar-refractivity contribution in [2.75, 3.05) is 20.8 Å². The molecular formula is C23H26O6. The molecule has 0 radical (unpaired) electrons. The topological polar surface area (TPSA) is 77.4 Å². The van der Waals surface area contributed by atoms with Gasteiger partial charge in [-0.05, 0) is 38.0 Å². The van der Waals surface area contributed by atoms with Gasteiger partial charge < -0.3 is 29.2 Å². The van der Waals surface area contributed by atoms with Gasteiger partial charge in [-0.15, -0.1) is 0 Å². The predicted molar refractivity (Wildman–Crippen MR) is 108 cm³/mol. The molecule has 2 heterocycles. The molecule has 4 rings (SSSR count). The molecule has 0 saturated heterocycles. The van der Waals surface area contributed by atoms with E-state index in [9.17, 15) is 10.2 Å². The number of fused-ring (bicyclic) bond motifs is 4. The number of hydrogen-bond donors (Lipinski definition) is 2. The standard InChI is InChI=1S/C23H26O6/c1-13(2)5-7-15-17(24)8-6-14-11-23(25)16-9-19(26-3)20(27-4)10-18(16)28-12-21(23)29-22(14)15/h5-6,8-10,21,24-25H,7,11-12H2,1-4H3/t21-,23-/m1/s1. The van der Waals surface area contributed by atoms with Crippen LogP contribution in [0.3, 0.4) is 0 Å². The van der Waals surface area contributed by atoms with Crippen LogP contribution in [0, 0.1) is 0 Å². The van der Waals surface area contributed by atoms with Crippen molar-refractivity contribution in [3.8, 4) is 28.7 Å². The third-order valence-corrected chi connectivity index (χ3v) is 5.63. The molecule has 0 saturated carbocycles. The summed E-state index contributed by atoms with van der Waals surface area (Å²) in [5.41, 5.74) is 2.07. The summed E-state index contributed by atoms with van der Waals surface area (Å²) in [5, 5.41) is 22.1. The zero-order valence-corrected chi connectivity index (χ0v) is 17.1. The molecule has 2 aliphatic rings. The van der Waals surface area contributed by atoms with E-state index in [0.29, 0.717) is 41.4 Å². The van der Waals surface area contributed by atoms with Crippen LogP contribution in [0.5, 0.6) is 28.7 Å². The molecule has 0 aliphatic carbocycles. The number of allylic oxidation sites excluding steroid dienone is 2. The Morgan fingerprint density at radius 1 is 1.21 bits per heavy atom. The summed E-state index contributed by atoms with van der Waals surface area (Å²) in [5.74, 6) is 2.43. The third kappa shape index (κ3) is 3.17. The summed E-state index contributed by atoms with van der Waals surface area (Å²) in [4.78, 5) is 0. The first-order chi connectivity index (χ1) is 13.9. The van der Waals surface area contributed by atoms with Crippen LogP contribution in [0.1, 0.15) is 30.5 Å². The quantitative estimate of drug-likeness (QED) is 0.768. The molecule has 2 aromatic carbocycles. The molecule has 29 heavy (non-hydrogen) atoms. The average molecular weight is 398 g/mol. The van der Waals surface area contributed by atoms with Gasteiger partial charge in [0.25, 0.3) is 0 Å². The van der Waals surface area contributed by atoms with Crippen molar-refractivity contribution in [2.45, 2.75) is 38.4 Å². The number of phenols is 1. The fourth-order valence-electron chi connectivity index (χ4n) is 4.02. The van der Waals surface area contributed by atoms with Gasteiger partial charge in [-0.25, -0.2) is 0 Å². The third-order valence-electron chi connectivity index (χ3n) is 5.63. The fraction of sp³-hybridized carbons (Fsp3) is 0.391. The lowest BCUT2D eigenvalue weighted by atomic mass is 9.78. The fourth-order valence-corrected chi connectivity index (χ4v) is 4.02. The van der Waals surface area contributed by atoms with Gasteiger partial charge >= 0.3 is 0 Å². The molecule has 0 amide bonds. The van der Waals surface area contributed by atoms with Crippen molar-refractivity contribution in [3.63, 3.8) is 0 Å². The lowest BCUT2D eigenvalue weighted by Crippen LogP contribution is -2.53. The number of hydrogen-bond acceptors (Lipinski definition) is 6. The van der Waals surface area contributed by atoms with Crippen LogP contribution in [0.25, 0.3) is 0 Å². The molecule has 0 spiro atoms. The van der Waals surface area contributed by atoms with E-state index in [1.807, 2.05) is 19.9 Å². The van der Waals surface area contributed by atoms with Gasteiger partial charge in [0.15, 0.2) is 17.6 Å². The van der Waals surface area contributed by atoms with Gasteiger partial charge in [-0.1, -0.05) is 17.7 Å². The van der Waals surface area contributed by atoms with Crippen LogP contribution in [0.4, 0.5) is 0 Å². The number of rotatable bonds is 4. The molecule has 154 valence electrons. The van der Waals surface area contributed by atoms with E-state index in [1.165, 1.54) is 0 Å². The van der Waals surface area contributed by atoms with Crippen molar-refractivity contribution in [1.29, 1.82) is 0 Å². The molecule has 0 bridgehead atoms. The second-order valence-electron chi connectivity index (χ2n) is 7.76. The van der Waals surface area contributed by atoms with E-state index >= 15 is 0 Å². The maximum Gasteiger partial charge on any atom is 0.166 e.